The van der Waals surface area contributed by atoms with Crippen molar-refractivity contribution in [2.24, 2.45) is 5.92 Å². The summed E-state index contributed by atoms with van der Waals surface area (Å²) < 4.78 is 2.55. The van der Waals surface area contributed by atoms with E-state index in [4.69, 9.17) is 10.5 Å². The summed E-state index contributed by atoms with van der Waals surface area (Å²) in [6.45, 7) is 6.51. The average molecular weight is 281 g/mol. The van der Waals surface area contributed by atoms with Crippen molar-refractivity contribution in [1.82, 2.24) is 9.78 Å². The first-order valence-corrected chi connectivity index (χ1v) is 5.70. The standard InChI is InChI=1S/C11H13BrN4/c1-11(2,3)10-9(12)7-16(15-10)6-8(4-13)5-14/h7-8H,6H2,1-3H3. The van der Waals surface area contributed by atoms with Crippen LogP contribution in [0, 0.1) is 28.6 Å². The third kappa shape index (κ3) is 2.84. The summed E-state index contributed by atoms with van der Waals surface area (Å²) >= 11 is 3.44. The molecule has 0 spiro atoms. The van der Waals surface area contributed by atoms with Gasteiger partial charge in [-0.2, -0.15) is 15.6 Å². The van der Waals surface area contributed by atoms with Gasteiger partial charge in [-0.15, -0.1) is 0 Å². The zero-order valence-corrected chi connectivity index (χ0v) is 11.1. The highest BCUT2D eigenvalue weighted by atomic mass is 79.9. The molecule has 5 heteroatoms. The van der Waals surface area contributed by atoms with Gasteiger partial charge in [-0.25, -0.2) is 0 Å². The fraction of sp³-hybridized carbons (Fsp3) is 0.545. The zero-order valence-electron chi connectivity index (χ0n) is 9.53. The smallest absolute Gasteiger partial charge is 0.152 e. The molecule has 0 atom stereocenters. The molecule has 0 aliphatic rings. The molecule has 16 heavy (non-hydrogen) atoms. The molecule has 0 aromatic carbocycles. The van der Waals surface area contributed by atoms with Crippen molar-refractivity contribution >= 4 is 15.9 Å². The van der Waals surface area contributed by atoms with E-state index in [0.29, 0.717) is 6.54 Å². The van der Waals surface area contributed by atoms with Gasteiger partial charge in [0.05, 0.1) is 28.8 Å². The van der Waals surface area contributed by atoms with Gasteiger partial charge in [0.15, 0.2) is 5.92 Å². The van der Waals surface area contributed by atoms with E-state index >= 15 is 0 Å². The molecule has 1 rings (SSSR count). The minimum absolute atomic E-state index is 0.0567. The zero-order chi connectivity index (χ0) is 12.3. The summed E-state index contributed by atoms with van der Waals surface area (Å²) in [4.78, 5) is 0. The van der Waals surface area contributed by atoms with Crippen LogP contribution in [0.25, 0.3) is 0 Å². The molecule has 0 radical (unpaired) electrons. The highest BCUT2D eigenvalue weighted by molar-refractivity contribution is 9.10. The summed E-state index contributed by atoms with van der Waals surface area (Å²) in [5.74, 6) is -0.653. The van der Waals surface area contributed by atoms with Crippen LogP contribution < -0.4 is 0 Å². The minimum atomic E-state index is -0.653. The SMILES string of the molecule is CC(C)(C)c1nn(CC(C#N)C#N)cc1Br. The van der Waals surface area contributed by atoms with Crippen molar-refractivity contribution in [3.63, 3.8) is 0 Å². The van der Waals surface area contributed by atoms with Crippen LogP contribution in [0.15, 0.2) is 10.7 Å². The Hall–Kier alpha value is -1.33. The van der Waals surface area contributed by atoms with Crippen molar-refractivity contribution in [1.29, 1.82) is 10.5 Å². The van der Waals surface area contributed by atoms with E-state index in [2.05, 4.69) is 41.8 Å². The van der Waals surface area contributed by atoms with Gasteiger partial charge in [-0.3, -0.25) is 4.68 Å². The predicted molar refractivity (Wildman–Crippen MR) is 63.3 cm³/mol. The molecule has 1 heterocycles. The van der Waals surface area contributed by atoms with Crippen LogP contribution in [0.4, 0.5) is 0 Å². The number of aromatic nitrogens is 2. The first-order chi connectivity index (χ1) is 7.38. The third-order valence-electron chi connectivity index (χ3n) is 2.11. The van der Waals surface area contributed by atoms with Crippen molar-refractivity contribution in [2.45, 2.75) is 32.7 Å². The van der Waals surface area contributed by atoms with Crippen LogP contribution in [0.3, 0.4) is 0 Å². The van der Waals surface area contributed by atoms with E-state index in [1.807, 2.05) is 18.3 Å². The molecule has 0 saturated carbocycles. The molecule has 1 aromatic heterocycles. The van der Waals surface area contributed by atoms with E-state index in [1.165, 1.54) is 0 Å². The molecule has 84 valence electrons. The monoisotopic (exact) mass is 280 g/mol. The normalized spacial score (nSPS) is 11.2. The second-order valence-corrected chi connectivity index (χ2v) is 5.46. The van der Waals surface area contributed by atoms with Crippen LogP contribution in [0.1, 0.15) is 26.5 Å². The molecule has 1 aromatic rings. The van der Waals surface area contributed by atoms with Crippen LogP contribution in [-0.2, 0) is 12.0 Å². The van der Waals surface area contributed by atoms with E-state index in [0.717, 1.165) is 10.2 Å². The van der Waals surface area contributed by atoms with Crippen molar-refractivity contribution in [3.8, 4) is 12.1 Å². The molecule has 0 aliphatic heterocycles. The molecule has 4 nitrogen and oxygen atoms in total. The molecule has 0 unspecified atom stereocenters. The Morgan fingerprint density at radius 3 is 2.38 bits per heavy atom. The van der Waals surface area contributed by atoms with E-state index < -0.39 is 5.92 Å². The highest BCUT2D eigenvalue weighted by Gasteiger charge is 2.21. The Morgan fingerprint density at radius 2 is 2.00 bits per heavy atom. The van der Waals surface area contributed by atoms with Crippen molar-refractivity contribution in [2.75, 3.05) is 0 Å². The van der Waals surface area contributed by atoms with Gasteiger partial charge in [0, 0.05) is 11.6 Å². The quantitative estimate of drug-likeness (QED) is 0.836. The predicted octanol–water partition coefficient (Wildman–Crippen LogP) is 2.61. The van der Waals surface area contributed by atoms with Crippen molar-refractivity contribution < 1.29 is 0 Å². The lowest BCUT2D eigenvalue weighted by atomic mass is 9.93. The topological polar surface area (TPSA) is 65.4 Å². The van der Waals surface area contributed by atoms with Crippen LogP contribution in [-0.4, -0.2) is 9.78 Å². The first kappa shape index (κ1) is 12.7. The summed E-state index contributed by atoms with van der Waals surface area (Å²) in [6, 6.07) is 3.86. The first-order valence-electron chi connectivity index (χ1n) is 4.91. The van der Waals surface area contributed by atoms with Gasteiger partial charge < -0.3 is 0 Å². The van der Waals surface area contributed by atoms with E-state index in [1.54, 1.807) is 4.68 Å². The Bertz CT molecular complexity index is 442. The molecular formula is C11H13BrN4. The van der Waals surface area contributed by atoms with Crippen LogP contribution in [0.5, 0.6) is 0 Å². The maximum absolute atomic E-state index is 8.70. The Kier molecular flexibility index (Phi) is 3.72. The van der Waals surface area contributed by atoms with Gasteiger partial charge in [0.1, 0.15) is 0 Å². The lowest BCUT2D eigenvalue weighted by Crippen LogP contribution is -2.14. The minimum Gasteiger partial charge on any atom is -0.269 e. The number of nitriles is 2. The molecule has 0 bridgehead atoms. The average Bonchev–Trinajstić information content (AvgIpc) is 2.55. The summed E-state index contributed by atoms with van der Waals surface area (Å²) in [5.41, 5.74) is 0.876. The molecule has 0 N–H and O–H groups in total. The second kappa shape index (κ2) is 4.67. The fourth-order valence-corrected chi connectivity index (χ4v) is 2.21. The van der Waals surface area contributed by atoms with Gasteiger partial charge in [-0.05, 0) is 15.9 Å². The maximum atomic E-state index is 8.70. The Labute approximate surface area is 104 Å². The fourth-order valence-electron chi connectivity index (χ4n) is 1.30. The number of rotatable bonds is 2. The Morgan fingerprint density at radius 1 is 1.44 bits per heavy atom. The van der Waals surface area contributed by atoms with E-state index in [9.17, 15) is 0 Å². The number of hydrogen-bond donors (Lipinski definition) is 0. The lowest BCUT2D eigenvalue weighted by Gasteiger charge is -2.15. The van der Waals surface area contributed by atoms with Crippen LogP contribution >= 0.6 is 15.9 Å². The summed E-state index contributed by atoms with van der Waals surface area (Å²) in [5, 5.41) is 21.8. The number of nitrogens with zero attached hydrogens (tertiary/aromatic N) is 4. The van der Waals surface area contributed by atoms with Gasteiger partial charge in [-0.1, -0.05) is 20.8 Å². The Balaban J connectivity index is 2.96. The summed E-state index contributed by atoms with van der Waals surface area (Å²) in [6.07, 6.45) is 1.81. The summed E-state index contributed by atoms with van der Waals surface area (Å²) in [7, 11) is 0. The third-order valence-corrected chi connectivity index (χ3v) is 2.69. The van der Waals surface area contributed by atoms with Gasteiger partial charge in [0.2, 0.25) is 0 Å². The maximum Gasteiger partial charge on any atom is 0.152 e. The molecular weight excluding hydrogens is 268 g/mol. The number of halogens is 1. The largest absolute Gasteiger partial charge is 0.269 e. The van der Waals surface area contributed by atoms with Gasteiger partial charge in [0.25, 0.3) is 0 Å². The van der Waals surface area contributed by atoms with Gasteiger partial charge >= 0.3 is 0 Å². The molecule has 0 fully saturated rings. The second-order valence-electron chi connectivity index (χ2n) is 4.61. The molecule has 0 amide bonds. The highest BCUT2D eigenvalue weighted by Crippen LogP contribution is 2.28. The molecule has 0 saturated heterocycles. The number of hydrogen-bond acceptors (Lipinski definition) is 3. The lowest BCUT2D eigenvalue weighted by molar-refractivity contribution is 0.515. The molecule has 0 aliphatic carbocycles. The van der Waals surface area contributed by atoms with E-state index in [-0.39, 0.29) is 5.41 Å². The van der Waals surface area contributed by atoms with Crippen LogP contribution in [0.2, 0.25) is 0 Å². The van der Waals surface area contributed by atoms with Crippen molar-refractivity contribution in [3.05, 3.63) is 16.4 Å².